The van der Waals surface area contributed by atoms with Gasteiger partial charge in [0.2, 0.25) is 0 Å². The third-order valence-corrected chi connectivity index (χ3v) is 3.82. The first kappa shape index (κ1) is 16.3. The van der Waals surface area contributed by atoms with Crippen LogP contribution < -0.4 is 15.5 Å². The highest BCUT2D eigenvalue weighted by atomic mass is 32.1. The van der Waals surface area contributed by atoms with Crippen LogP contribution in [-0.2, 0) is 0 Å². The molecule has 0 amide bonds. The second-order valence-corrected chi connectivity index (χ2v) is 5.86. The van der Waals surface area contributed by atoms with Gasteiger partial charge in [-0.3, -0.25) is 0 Å². The highest BCUT2D eigenvalue weighted by Gasteiger charge is 2.03. The Balaban J connectivity index is 1.80. The van der Waals surface area contributed by atoms with Crippen molar-refractivity contribution in [3.05, 3.63) is 59.7 Å². The van der Waals surface area contributed by atoms with Crippen molar-refractivity contribution >= 4 is 28.7 Å². The quantitative estimate of drug-likeness (QED) is 0.823. The van der Waals surface area contributed by atoms with Gasteiger partial charge in [-0.05, 0) is 55.4 Å². The van der Waals surface area contributed by atoms with Crippen molar-refractivity contribution in [2.24, 2.45) is 0 Å². The Morgan fingerprint density at radius 2 is 1.82 bits per heavy atom. The molecule has 0 saturated carbocycles. The van der Waals surface area contributed by atoms with E-state index in [2.05, 4.69) is 66.8 Å². The molecule has 2 aromatic rings. The summed E-state index contributed by atoms with van der Waals surface area (Å²) in [5.41, 5.74) is 4.68. The minimum absolute atomic E-state index is 0.662. The van der Waals surface area contributed by atoms with Crippen molar-refractivity contribution < 1.29 is 0 Å². The third kappa shape index (κ3) is 4.74. The molecule has 2 N–H and O–H groups in total. The van der Waals surface area contributed by atoms with Crippen LogP contribution in [0.2, 0.25) is 0 Å². The predicted molar refractivity (Wildman–Crippen MR) is 99.9 cm³/mol. The summed E-state index contributed by atoms with van der Waals surface area (Å²) in [6.07, 6.45) is 0. The van der Waals surface area contributed by atoms with Gasteiger partial charge >= 0.3 is 0 Å². The van der Waals surface area contributed by atoms with E-state index < -0.39 is 0 Å². The summed E-state index contributed by atoms with van der Waals surface area (Å²) in [6, 6.07) is 16.6. The Kier molecular flexibility index (Phi) is 5.78. The molecule has 2 rings (SSSR count). The number of likely N-dealkylation sites (N-methyl/N-ethyl adjacent to an activating group) is 1. The molecular formula is C18H23N3S. The van der Waals surface area contributed by atoms with E-state index in [1.807, 2.05) is 18.2 Å². The maximum absolute atomic E-state index is 5.37. The van der Waals surface area contributed by atoms with Gasteiger partial charge in [-0.1, -0.05) is 30.3 Å². The van der Waals surface area contributed by atoms with E-state index in [4.69, 9.17) is 12.2 Å². The Morgan fingerprint density at radius 3 is 2.55 bits per heavy atom. The number of nitrogens with one attached hydrogen (secondary N) is 2. The lowest BCUT2D eigenvalue weighted by atomic mass is 10.1. The molecule has 0 spiro atoms. The smallest absolute Gasteiger partial charge is 0.170 e. The largest absolute Gasteiger partial charge is 0.373 e. The number of rotatable bonds is 5. The van der Waals surface area contributed by atoms with Crippen LogP contribution in [0.15, 0.2) is 48.5 Å². The molecule has 0 unspecified atom stereocenters. The minimum atomic E-state index is 0.662. The highest BCUT2D eigenvalue weighted by molar-refractivity contribution is 7.80. The molecule has 0 radical (unpaired) electrons. The predicted octanol–water partition coefficient (Wildman–Crippen LogP) is 3.73. The van der Waals surface area contributed by atoms with Crippen molar-refractivity contribution in [3.8, 4) is 0 Å². The van der Waals surface area contributed by atoms with Crippen LogP contribution in [0.1, 0.15) is 11.1 Å². The molecule has 0 fully saturated rings. The van der Waals surface area contributed by atoms with Crippen molar-refractivity contribution in [1.29, 1.82) is 0 Å². The Bertz CT molecular complexity index is 625. The molecule has 0 bridgehead atoms. The molecule has 0 saturated heterocycles. The van der Waals surface area contributed by atoms with E-state index >= 15 is 0 Å². The normalized spacial score (nSPS) is 10.1. The SMILES string of the molecule is Cc1ccc(C)c(NC(=S)NCCN(C)c2ccccc2)c1. The summed E-state index contributed by atoms with van der Waals surface area (Å²) < 4.78 is 0. The van der Waals surface area contributed by atoms with Crippen LogP contribution in [0.3, 0.4) is 0 Å². The van der Waals surface area contributed by atoms with Gasteiger partial charge in [-0.25, -0.2) is 0 Å². The first-order valence-corrected chi connectivity index (χ1v) is 7.85. The van der Waals surface area contributed by atoms with E-state index in [-0.39, 0.29) is 0 Å². The first-order chi connectivity index (χ1) is 10.6. The lowest BCUT2D eigenvalue weighted by Crippen LogP contribution is -2.35. The van der Waals surface area contributed by atoms with Gasteiger partial charge in [-0.15, -0.1) is 0 Å². The van der Waals surface area contributed by atoms with Crippen LogP contribution in [0.5, 0.6) is 0 Å². The van der Waals surface area contributed by atoms with Gasteiger partial charge in [0.15, 0.2) is 5.11 Å². The summed E-state index contributed by atoms with van der Waals surface area (Å²) in [4.78, 5) is 2.20. The fourth-order valence-electron chi connectivity index (χ4n) is 2.19. The number of hydrogen-bond acceptors (Lipinski definition) is 2. The zero-order chi connectivity index (χ0) is 15.9. The maximum Gasteiger partial charge on any atom is 0.170 e. The summed E-state index contributed by atoms with van der Waals surface area (Å²) in [5, 5.41) is 7.19. The zero-order valence-electron chi connectivity index (χ0n) is 13.4. The number of para-hydroxylation sites is 1. The molecule has 0 aliphatic rings. The fourth-order valence-corrected chi connectivity index (χ4v) is 2.40. The third-order valence-electron chi connectivity index (χ3n) is 3.57. The second kappa shape index (κ2) is 7.80. The van der Waals surface area contributed by atoms with Crippen molar-refractivity contribution in [2.45, 2.75) is 13.8 Å². The van der Waals surface area contributed by atoms with E-state index in [0.29, 0.717) is 5.11 Å². The van der Waals surface area contributed by atoms with Gasteiger partial charge in [0.25, 0.3) is 0 Å². The Morgan fingerprint density at radius 1 is 1.09 bits per heavy atom. The van der Waals surface area contributed by atoms with E-state index in [1.165, 1.54) is 16.8 Å². The van der Waals surface area contributed by atoms with Crippen LogP contribution in [-0.4, -0.2) is 25.2 Å². The summed E-state index contributed by atoms with van der Waals surface area (Å²) >= 11 is 5.37. The molecule has 0 aromatic heterocycles. The van der Waals surface area contributed by atoms with Crippen LogP contribution in [0.25, 0.3) is 0 Å². The number of hydrogen-bond donors (Lipinski definition) is 2. The van der Waals surface area contributed by atoms with Crippen molar-refractivity contribution in [1.82, 2.24) is 5.32 Å². The van der Waals surface area contributed by atoms with Crippen LogP contribution in [0, 0.1) is 13.8 Å². The number of nitrogens with zero attached hydrogens (tertiary/aromatic N) is 1. The first-order valence-electron chi connectivity index (χ1n) is 7.44. The standard InChI is InChI=1S/C18H23N3S/c1-14-9-10-15(2)17(13-14)20-18(22)19-11-12-21(3)16-7-5-4-6-8-16/h4-10,13H,11-12H2,1-3H3,(H2,19,20,22). The summed E-state index contributed by atoms with van der Waals surface area (Å²) in [5.74, 6) is 0. The average molecular weight is 313 g/mol. The van der Waals surface area contributed by atoms with Crippen molar-refractivity contribution in [3.63, 3.8) is 0 Å². The number of benzene rings is 2. The molecule has 0 aliphatic carbocycles. The molecule has 0 aliphatic heterocycles. The van der Waals surface area contributed by atoms with E-state index in [9.17, 15) is 0 Å². The minimum Gasteiger partial charge on any atom is -0.373 e. The highest BCUT2D eigenvalue weighted by Crippen LogP contribution is 2.16. The zero-order valence-corrected chi connectivity index (χ0v) is 14.2. The molecule has 4 heteroatoms. The monoisotopic (exact) mass is 313 g/mol. The lowest BCUT2D eigenvalue weighted by Gasteiger charge is -2.20. The molecule has 0 atom stereocenters. The molecule has 2 aromatic carbocycles. The van der Waals surface area contributed by atoms with Crippen molar-refractivity contribution in [2.75, 3.05) is 30.4 Å². The van der Waals surface area contributed by atoms with Gasteiger partial charge in [0, 0.05) is 31.5 Å². The molecular weight excluding hydrogens is 290 g/mol. The Hall–Kier alpha value is -2.07. The summed E-state index contributed by atoms with van der Waals surface area (Å²) in [7, 11) is 2.08. The number of aryl methyl sites for hydroxylation is 2. The van der Waals surface area contributed by atoms with Gasteiger partial charge < -0.3 is 15.5 Å². The van der Waals surface area contributed by atoms with Gasteiger partial charge in [-0.2, -0.15) is 0 Å². The summed E-state index contributed by atoms with van der Waals surface area (Å²) in [6.45, 7) is 5.84. The molecule has 116 valence electrons. The topological polar surface area (TPSA) is 27.3 Å². The Labute approximate surface area is 138 Å². The number of anilines is 2. The second-order valence-electron chi connectivity index (χ2n) is 5.46. The molecule has 0 heterocycles. The van der Waals surface area contributed by atoms with Crippen LogP contribution >= 0.6 is 12.2 Å². The van der Waals surface area contributed by atoms with Gasteiger partial charge in [0.1, 0.15) is 0 Å². The fraction of sp³-hybridized carbons (Fsp3) is 0.278. The van der Waals surface area contributed by atoms with Gasteiger partial charge in [0.05, 0.1) is 0 Å². The number of thiocarbonyl (C=S) groups is 1. The average Bonchev–Trinajstić information content (AvgIpc) is 2.51. The van der Waals surface area contributed by atoms with E-state index in [0.717, 1.165) is 18.8 Å². The lowest BCUT2D eigenvalue weighted by molar-refractivity contribution is 0.827. The molecule has 3 nitrogen and oxygen atoms in total. The maximum atomic E-state index is 5.37. The van der Waals surface area contributed by atoms with Crippen LogP contribution in [0.4, 0.5) is 11.4 Å². The van der Waals surface area contributed by atoms with E-state index in [1.54, 1.807) is 0 Å². The molecule has 22 heavy (non-hydrogen) atoms.